The van der Waals surface area contributed by atoms with Gasteiger partial charge in [-0.3, -0.25) is 0 Å². The predicted octanol–water partition coefficient (Wildman–Crippen LogP) is 1.94. The monoisotopic (exact) mass is 418 g/mol. The van der Waals surface area contributed by atoms with Crippen LogP contribution < -0.4 is 0 Å². The van der Waals surface area contributed by atoms with E-state index in [-0.39, 0.29) is 16.7 Å². The first kappa shape index (κ1) is 21.3. The molecule has 10 heteroatoms. The third-order valence-electron chi connectivity index (χ3n) is 5.42. The lowest BCUT2D eigenvalue weighted by Gasteiger charge is -2.49. The molecule has 0 bridgehead atoms. The van der Waals surface area contributed by atoms with Gasteiger partial charge in [0.15, 0.2) is 5.41 Å². The number of hydrogen-bond acceptors (Lipinski definition) is 6. The molecule has 0 aromatic heterocycles. The summed E-state index contributed by atoms with van der Waals surface area (Å²) in [6, 6.07) is 2.40. The van der Waals surface area contributed by atoms with Gasteiger partial charge in [-0.1, -0.05) is 0 Å². The van der Waals surface area contributed by atoms with Crippen molar-refractivity contribution in [3.63, 3.8) is 0 Å². The number of aliphatic hydroxyl groups excluding tert-OH is 4. The fraction of sp³-hybridized carbons (Fsp3) is 0.368. The smallest absolute Gasteiger partial charge is 0.405 e. The third kappa shape index (κ3) is 2.71. The lowest BCUT2D eigenvalue weighted by molar-refractivity contribution is -0.206. The summed E-state index contributed by atoms with van der Waals surface area (Å²) >= 11 is 0. The zero-order valence-electron chi connectivity index (χ0n) is 14.8. The summed E-state index contributed by atoms with van der Waals surface area (Å²) < 4.78 is 58.2. The van der Waals surface area contributed by atoms with E-state index in [0.717, 1.165) is 18.2 Å². The first-order valence-electron chi connectivity index (χ1n) is 8.47. The van der Waals surface area contributed by atoms with Crippen LogP contribution in [0.3, 0.4) is 0 Å². The molecule has 6 N–H and O–H groups in total. The molecule has 0 heterocycles. The highest BCUT2D eigenvalue weighted by Crippen LogP contribution is 2.66. The zero-order chi connectivity index (χ0) is 21.7. The molecule has 0 aliphatic heterocycles. The molecule has 0 fully saturated rings. The van der Waals surface area contributed by atoms with E-state index in [0.29, 0.717) is 0 Å². The minimum Gasteiger partial charge on any atom is -0.507 e. The van der Waals surface area contributed by atoms with Crippen molar-refractivity contribution in [3.8, 4) is 11.5 Å². The first-order valence-corrected chi connectivity index (χ1v) is 8.47. The summed E-state index contributed by atoms with van der Waals surface area (Å²) in [6.07, 6.45) is -7.92. The molecule has 0 amide bonds. The van der Waals surface area contributed by atoms with E-state index in [1.807, 2.05) is 0 Å². The second-order valence-electron chi connectivity index (χ2n) is 6.77. The zero-order valence-corrected chi connectivity index (χ0v) is 14.8. The van der Waals surface area contributed by atoms with Gasteiger partial charge < -0.3 is 30.6 Å². The normalized spacial score (nSPS) is 21.0. The Morgan fingerprint density at radius 1 is 0.793 bits per heavy atom. The van der Waals surface area contributed by atoms with Crippen molar-refractivity contribution in [3.05, 3.63) is 57.1 Å². The molecule has 2 unspecified atom stereocenters. The van der Waals surface area contributed by atoms with Crippen LogP contribution in [-0.2, 0) is 31.8 Å². The molecule has 6 nitrogen and oxygen atoms in total. The maximum absolute atomic E-state index is 15.3. The average molecular weight is 418 g/mol. The highest BCUT2D eigenvalue weighted by atomic mass is 19.4. The highest BCUT2D eigenvalue weighted by Gasteiger charge is 2.70. The van der Waals surface area contributed by atoms with E-state index < -0.39 is 77.9 Å². The molecular formula is C19H18F4O6. The summed E-state index contributed by atoms with van der Waals surface area (Å²) in [6.45, 7) is -3.51. The topological polar surface area (TPSA) is 121 Å². The number of halogens is 4. The summed E-state index contributed by atoms with van der Waals surface area (Å²) in [5, 5.41) is 57.5. The molecule has 0 spiro atoms. The molecule has 2 aromatic carbocycles. The van der Waals surface area contributed by atoms with Gasteiger partial charge >= 0.3 is 6.18 Å². The molecule has 2 atom stereocenters. The van der Waals surface area contributed by atoms with Crippen LogP contribution in [0.2, 0.25) is 0 Å². The van der Waals surface area contributed by atoms with Crippen LogP contribution in [-0.4, -0.2) is 36.8 Å². The molecule has 158 valence electrons. The third-order valence-corrected chi connectivity index (χ3v) is 5.42. The van der Waals surface area contributed by atoms with E-state index in [1.165, 1.54) is 0 Å². The number of aliphatic hydroxyl groups is 4. The van der Waals surface area contributed by atoms with Crippen molar-refractivity contribution in [1.29, 1.82) is 0 Å². The Kier molecular flexibility index (Phi) is 5.24. The minimum absolute atomic E-state index is 0.322. The predicted molar refractivity (Wildman–Crippen MR) is 90.6 cm³/mol. The van der Waals surface area contributed by atoms with E-state index in [9.17, 15) is 43.8 Å². The number of phenols is 2. The molecular weight excluding hydrogens is 400 g/mol. The maximum Gasteiger partial charge on any atom is 0.405 e. The van der Waals surface area contributed by atoms with Crippen molar-refractivity contribution in [2.45, 2.75) is 44.2 Å². The van der Waals surface area contributed by atoms with Gasteiger partial charge in [-0.05, 0) is 29.3 Å². The van der Waals surface area contributed by atoms with E-state index in [4.69, 9.17) is 0 Å². The Bertz CT molecular complexity index is 934. The van der Waals surface area contributed by atoms with Crippen LogP contribution in [0.4, 0.5) is 17.6 Å². The van der Waals surface area contributed by atoms with Crippen LogP contribution in [0, 0.1) is 0 Å². The standard InChI is InChI=1S/C19H18F4O6/c20-17-14-12(7-27)16(29)10(6-26)3-13(14)18(17,19(21,22)23)11-1-8(4-24)15(28)9(2-11)5-25/h1-3,17,24-29H,4-7H2. The van der Waals surface area contributed by atoms with Gasteiger partial charge in [0.2, 0.25) is 0 Å². The van der Waals surface area contributed by atoms with Crippen LogP contribution in [0.1, 0.15) is 45.1 Å². The van der Waals surface area contributed by atoms with Crippen LogP contribution >= 0.6 is 0 Å². The number of alkyl halides is 4. The van der Waals surface area contributed by atoms with Crippen LogP contribution in [0.15, 0.2) is 18.2 Å². The Labute approximate surface area is 161 Å². The largest absolute Gasteiger partial charge is 0.507 e. The quantitative estimate of drug-likeness (QED) is 0.413. The number of rotatable bonds is 5. The first-order chi connectivity index (χ1) is 13.6. The second-order valence-corrected chi connectivity index (χ2v) is 6.77. The van der Waals surface area contributed by atoms with Crippen molar-refractivity contribution in [2.75, 3.05) is 0 Å². The summed E-state index contributed by atoms with van der Waals surface area (Å²) in [5.74, 6) is -1.30. The fourth-order valence-corrected chi connectivity index (χ4v) is 3.97. The van der Waals surface area contributed by atoms with Crippen molar-refractivity contribution in [2.24, 2.45) is 0 Å². The van der Waals surface area contributed by atoms with Gasteiger partial charge in [0.25, 0.3) is 0 Å². The Morgan fingerprint density at radius 3 is 1.69 bits per heavy atom. The molecule has 3 rings (SSSR count). The number of hydrogen-bond donors (Lipinski definition) is 6. The van der Waals surface area contributed by atoms with E-state index in [2.05, 4.69) is 0 Å². The molecule has 2 aromatic rings. The van der Waals surface area contributed by atoms with Crippen LogP contribution in [0.5, 0.6) is 11.5 Å². The van der Waals surface area contributed by atoms with Gasteiger partial charge in [0.1, 0.15) is 17.7 Å². The molecule has 0 saturated carbocycles. The van der Waals surface area contributed by atoms with Gasteiger partial charge in [0.05, 0.1) is 26.4 Å². The Hall–Kier alpha value is -2.40. The van der Waals surface area contributed by atoms with E-state index >= 15 is 4.39 Å². The summed E-state index contributed by atoms with van der Waals surface area (Å²) in [7, 11) is 0. The van der Waals surface area contributed by atoms with Gasteiger partial charge in [-0.25, -0.2) is 4.39 Å². The van der Waals surface area contributed by atoms with Gasteiger partial charge in [-0.15, -0.1) is 0 Å². The second kappa shape index (κ2) is 7.13. The highest BCUT2D eigenvalue weighted by molar-refractivity contribution is 5.66. The minimum atomic E-state index is -5.20. The summed E-state index contributed by atoms with van der Waals surface area (Å²) in [4.78, 5) is 0. The Morgan fingerprint density at radius 2 is 1.28 bits per heavy atom. The molecule has 1 aliphatic rings. The fourth-order valence-electron chi connectivity index (χ4n) is 3.97. The van der Waals surface area contributed by atoms with Crippen molar-refractivity contribution >= 4 is 0 Å². The number of aromatic hydroxyl groups is 2. The average Bonchev–Trinajstić information content (AvgIpc) is 2.67. The molecule has 0 radical (unpaired) electrons. The molecule has 1 aliphatic carbocycles. The van der Waals surface area contributed by atoms with Crippen LogP contribution in [0.25, 0.3) is 0 Å². The summed E-state index contributed by atoms with van der Waals surface area (Å²) in [5.41, 5.74) is -6.51. The Balaban J connectivity index is 2.41. The number of benzene rings is 2. The molecule has 29 heavy (non-hydrogen) atoms. The van der Waals surface area contributed by atoms with Crippen molar-refractivity contribution < 1.29 is 48.2 Å². The van der Waals surface area contributed by atoms with Crippen molar-refractivity contribution in [1.82, 2.24) is 0 Å². The lowest BCUT2D eigenvalue weighted by atomic mass is 9.56. The van der Waals surface area contributed by atoms with Gasteiger partial charge in [-0.2, -0.15) is 13.2 Å². The molecule has 0 saturated heterocycles. The van der Waals surface area contributed by atoms with E-state index in [1.54, 1.807) is 0 Å². The SMILES string of the molecule is OCc1cc(C2(C(F)(F)F)c3cc(CO)c(O)c(CO)c3C2F)cc(CO)c1O. The lowest BCUT2D eigenvalue weighted by Crippen LogP contribution is -2.54. The number of fused-ring (bicyclic) bond motifs is 1. The van der Waals surface area contributed by atoms with Gasteiger partial charge in [0, 0.05) is 27.8 Å². The maximum atomic E-state index is 15.3.